The van der Waals surface area contributed by atoms with Crippen LogP contribution in [0.5, 0.6) is 0 Å². The van der Waals surface area contributed by atoms with Crippen LogP contribution in [-0.4, -0.2) is 20.1 Å². The summed E-state index contributed by atoms with van der Waals surface area (Å²) in [5, 5.41) is 4.40. The maximum atomic E-state index is 11.9. The van der Waals surface area contributed by atoms with Gasteiger partial charge >= 0.3 is 5.69 Å². The van der Waals surface area contributed by atoms with Gasteiger partial charge in [0.05, 0.1) is 0 Å². The number of fused-ring (bicyclic) bond motifs is 1. The second-order valence-electron chi connectivity index (χ2n) is 4.31. The molecule has 5 heteroatoms. The maximum Gasteiger partial charge on any atom is 0.345 e. The normalized spacial score (nSPS) is 15.1. The number of thiol groups is 1. The predicted molar refractivity (Wildman–Crippen MR) is 67.1 cm³/mol. The first kappa shape index (κ1) is 11.8. The lowest BCUT2D eigenvalue weighted by Gasteiger charge is -2.09. The van der Waals surface area contributed by atoms with E-state index in [-0.39, 0.29) is 5.69 Å². The highest BCUT2D eigenvalue weighted by Crippen LogP contribution is 2.09. The Labute approximate surface area is 101 Å². The number of hydrogen-bond acceptors (Lipinski definition) is 3. The molecule has 0 atom stereocenters. The summed E-state index contributed by atoms with van der Waals surface area (Å²) >= 11 is 4.17. The summed E-state index contributed by atoms with van der Waals surface area (Å²) in [6.45, 7) is 1.61. The standard InChI is InChI=1S/C11H19N3OS/c15-11-13-7-4-2-6-10(13)12-14(11)8-3-1-5-9-16/h16H,1-9H2. The molecule has 4 nitrogen and oxygen atoms in total. The van der Waals surface area contributed by atoms with E-state index < -0.39 is 0 Å². The van der Waals surface area contributed by atoms with Gasteiger partial charge in [-0.2, -0.15) is 17.7 Å². The molecule has 0 bridgehead atoms. The van der Waals surface area contributed by atoms with Crippen LogP contribution in [0.25, 0.3) is 0 Å². The van der Waals surface area contributed by atoms with E-state index >= 15 is 0 Å². The molecule has 1 aromatic rings. The molecule has 0 aromatic carbocycles. The van der Waals surface area contributed by atoms with Gasteiger partial charge in [0.2, 0.25) is 0 Å². The average Bonchev–Trinajstić information content (AvgIpc) is 2.63. The van der Waals surface area contributed by atoms with E-state index in [1.807, 2.05) is 4.57 Å². The number of unbranched alkanes of at least 4 members (excludes halogenated alkanes) is 2. The number of rotatable bonds is 5. The van der Waals surface area contributed by atoms with E-state index in [2.05, 4.69) is 17.7 Å². The number of nitrogens with zero attached hydrogens (tertiary/aromatic N) is 3. The van der Waals surface area contributed by atoms with Gasteiger partial charge in [-0.3, -0.25) is 4.57 Å². The van der Waals surface area contributed by atoms with Gasteiger partial charge in [-0.1, -0.05) is 6.42 Å². The Kier molecular flexibility index (Phi) is 4.09. The van der Waals surface area contributed by atoms with Gasteiger partial charge in [-0.05, 0) is 31.4 Å². The van der Waals surface area contributed by atoms with Crippen molar-refractivity contribution in [3.63, 3.8) is 0 Å². The first-order chi connectivity index (χ1) is 7.83. The van der Waals surface area contributed by atoms with Gasteiger partial charge in [-0.15, -0.1) is 0 Å². The molecule has 1 aromatic heterocycles. The van der Waals surface area contributed by atoms with Gasteiger partial charge in [0.1, 0.15) is 5.82 Å². The molecule has 0 spiro atoms. The first-order valence-electron chi connectivity index (χ1n) is 6.10. The molecule has 0 amide bonds. The van der Waals surface area contributed by atoms with Gasteiger partial charge in [0.15, 0.2) is 0 Å². The third-order valence-corrected chi connectivity index (χ3v) is 3.38. The van der Waals surface area contributed by atoms with E-state index in [1.165, 1.54) is 0 Å². The Morgan fingerprint density at radius 2 is 2.12 bits per heavy atom. The van der Waals surface area contributed by atoms with Crippen LogP contribution < -0.4 is 5.69 Å². The highest BCUT2D eigenvalue weighted by atomic mass is 32.1. The van der Waals surface area contributed by atoms with Crippen molar-refractivity contribution in [3.8, 4) is 0 Å². The summed E-state index contributed by atoms with van der Waals surface area (Å²) in [5.41, 5.74) is 0.0839. The van der Waals surface area contributed by atoms with Crippen LogP contribution >= 0.6 is 12.6 Å². The molecule has 1 aliphatic heterocycles. The van der Waals surface area contributed by atoms with Crippen LogP contribution in [0, 0.1) is 0 Å². The molecule has 16 heavy (non-hydrogen) atoms. The molecular weight excluding hydrogens is 222 g/mol. The van der Waals surface area contributed by atoms with Crippen LogP contribution in [0.1, 0.15) is 37.9 Å². The lowest BCUT2D eigenvalue weighted by molar-refractivity contribution is 0.507. The monoisotopic (exact) mass is 241 g/mol. The molecule has 0 saturated carbocycles. The average molecular weight is 241 g/mol. The molecular formula is C11H19N3OS. The maximum absolute atomic E-state index is 11.9. The Balaban J connectivity index is 1.99. The van der Waals surface area contributed by atoms with E-state index in [1.54, 1.807) is 4.68 Å². The fourth-order valence-electron chi connectivity index (χ4n) is 2.14. The van der Waals surface area contributed by atoms with Crippen LogP contribution in [0.4, 0.5) is 0 Å². The summed E-state index contributed by atoms with van der Waals surface area (Å²) in [6.07, 6.45) is 6.49. The summed E-state index contributed by atoms with van der Waals surface area (Å²) in [6, 6.07) is 0. The summed E-state index contributed by atoms with van der Waals surface area (Å²) in [4.78, 5) is 11.9. The molecule has 90 valence electrons. The highest BCUT2D eigenvalue weighted by molar-refractivity contribution is 7.80. The van der Waals surface area contributed by atoms with Crippen molar-refractivity contribution in [2.24, 2.45) is 0 Å². The molecule has 0 unspecified atom stereocenters. The minimum atomic E-state index is 0.0839. The quantitative estimate of drug-likeness (QED) is 0.626. The largest absolute Gasteiger partial charge is 0.345 e. The smallest absolute Gasteiger partial charge is 0.279 e. The van der Waals surface area contributed by atoms with Crippen LogP contribution in [-0.2, 0) is 19.5 Å². The highest BCUT2D eigenvalue weighted by Gasteiger charge is 2.15. The molecule has 0 saturated heterocycles. The number of aromatic nitrogens is 3. The Morgan fingerprint density at radius 1 is 1.25 bits per heavy atom. The van der Waals surface area contributed by atoms with Crippen molar-refractivity contribution < 1.29 is 0 Å². The van der Waals surface area contributed by atoms with Gasteiger partial charge < -0.3 is 0 Å². The molecule has 0 N–H and O–H groups in total. The number of aryl methyl sites for hydroxylation is 2. The van der Waals surface area contributed by atoms with Crippen molar-refractivity contribution in [3.05, 3.63) is 16.3 Å². The fourth-order valence-corrected chi connectivity index (χ4v) is 2.37. The number of hydrogen-bond donors (Lipinski definition) is 1. The van der Waals surface area contributed by atoms with E-state index in [0.717, 1.165) is 63.2 Å². The van der Waals surface area contributed by atoms with Crippen LogP contribution in [0.2, 0.25) is 0 Å². The zero-order valence-electron chi connectivity index (χ0n) is 9.56. The minimum absolute atomic E-state index is 0.0839. The van der Waals surface area contributed by atoms with Gasteiger partial charge in [0, 0.05) is 19.5 Å². The van der Waals surface area contributed by atoms with Crippen molar-refractivity contribution >= 4 is 12.6 Å². The Bertz CT molecular complexity index is 396. The van der Waals surface area contributed by atoms with Crippen molar-refractivity contribution in [1.29, 1.82) is 0 Å². The molecule has 2 rings (SSSR count). The third kappa shape index (κ3) is 2.51. The first-order valence-corrected chi connectivity index (χ1v) is 6.73. The molecule has 0 aliphatic carbocycles. The predicted octanol–water partition coefficient (Wildman–Crippen LogP) is 1.48. The second kappa shape index (κ2) is 5.57. The lowest BCUT2D eigenvalue weighted by Crippen LogP contribution is -2.27. The van der Waals surface area contributed by atoms with Crippen molar-refractivity contribution in [2.75, 3.05) is 5.75 Å². The molecule has 0 radical (unpaired) electrons. The van der Waals surface area contributed by atoms with Gasteiger partial charge in [0.25, 0.3) is 0 Å². The van der Waals surface area contributed by atoms with Gasteiger partial charge in [-0.25, -0.2) is 9.48 Å². The van der Waals surface area contributed by atoms with Crippen molar-refractivity contribution in [1.82, 2.24) is 14.3 Å². The molecule has 1 aliphatic rings. The Hall–Kier alpha value is -0.710. The van der Waals surface area contributed by atoms with E-state index in [9.17, 15) is 4.79 Å². The minimum Gasteiger partial charge on any atom is -0.279 e. The summed E-state index contributed by atoms with van der Waals surface area (Å²) < 4.78 is 3.47. The summed E-state index contributed by atoms with van der Waals surface area (Å²) in [7, 11) is 0. The fraction of sp³-hybridized carbons (Fsp3) is 0.818. The Morgan fingerprint density at radius 3 is 2.88 bits per heavy atom. The van der Waals surface area contributed by atoms with Crippen molar-refractivity contribution in [2.45, 2.75) is 51.6 Å². The van der Waals surface area contributed by atoms with Crippen LogP contribution in [0.15, 0.2) is 4.79 Å². The van der Waals surface area contributed by atoms with E-state index in [0.29, 0.717) is 0 Å². The van der Waals surface area contributed by atoms with Crippen LogP contribution in [0.3, 0.4) is 0 Å². The zero-order valence-corrected chi connectivity index (χ0v) is 10.5. The third-order valence-electron chi connectivity index (χ3n) is 3.06. The topological polar surface area (TPSA) is 39.8 Å². The zero-order chi connectivity index (χ0) is 11.4. The SMILES string of the molecule is O=c1n(CCCCCS)nc2n1CCCC2. The lowest BCUT2D eigenvalue weighted by atomic mass is 10.2. The van der Waals surface area contributed by atoms with E-state index in [4.69, 9.17) is 0 Å². The molecule has 2 heterocycles. The second-order valence-corrected chi connectivity index (χ2v) is 4.76. The summed E-state index contributed by atoms with van der Waals surface area (Å²) in [5.74, 6) is 1.90. The molecule has 0 fully saturated rings.